The molecule has 2 aromatic rings. The molecule has 0 bridgehead atoms. The maximum atomic E-state index is 13.4. The molecule has 0 aliphatic carbocycles. The van der Waals surface area contributed by atoms with Crippen molar-refractivity contribution in [1.82, 2.24) is 10.6 Å². The third-order valence-electron chi connectivity index (χ3n) is 3.64. The molecule has 0 saturated carbocycles. The fourth-order valence-corrected chi connectivity index (χ4v) is 2.28. The second kappa shape index (κ2) is 11.6. The first-order chi connectivity index (χ1) is 12.1. The van der Waals surface area contributed by atoms with Crippen LogP contribution in [0.1, 0.15) is 18.1 Å². The summed E-state index contributed by atoms with van der Waals surface area (Å²) in [7, 11) is 1.65. The van der Waals surface area contributed by atoms with Crippen molar-refractivity contribution >= 4 is 29.9 Å². The van der Waals surface area contributed by atoms with Crippen molar-refractivity contribution in [3.05, 3.63) is 59.4 Å². The number of aliphatic imine (C=N–C) groups is 1. The van der Waals surface area contributed by atoms with Crippen molar-refractivity contribution in [2.24, 2.45) is 4.99 Å². The second-order valence-electron chi connectivity index (χ2n) is 5.51. The molecule has 0 aromatic heterocycles. The van der Waals surface area contributed by atoms with Crippen LogP contribution in [0.2, 0.25) is 0 Å². The van der Waals surface area contributed by atoms with Crippen LogP contribution in [-0.4, -0.2) is 31.3 Å². The number of nitrogens with one attached hydrogen (secondary N) is 2. The number of benzene rings is 2. The smallest absolute Gasteiger partial charge is 0.191 e. The van der Waals surface area contributed by atoms with Gasteiger partial charge in [-0.3, -0.25) is 0 Å². The number of hydrogen-bond acceptors (Lipinski definition) is 3. The van der Waals surface area contributed by atoms with Crippen LogP contribution in [-0.2, 0) is 13.0 Å². The van der Waals surface area contributed by atoms with E-state index in [1.807, 2.05) is 31.2 Å². The Morgan fingerprint density at radius 3 is 2.42 bits per heavy atom. The molecule has 0 heterocycles. The van der Waals surface area contributed by atoms with Gasteiger partial charge in [0.05, 0.1) is 13.7 Å². The maximum Gasteiger partial charge on any atom is 0.191 e. The predicted molar refractivity (Wildman–Crippen MR) is 113 cm³/mol. The predicted octanol–water partition coefficient (Wildman–Crippen LogP) is 3.46. The monoisotopic (exact) mass is 473 g/mol. The average molecular weight is 473 g/mol. The molecular formula is C19H25FIN3O2. The zero-order valence-corrected chi connectivity index (χ0v) is 17.3. The first-order valence-electron chi connectivity index (χ1n) is 8.25. The molecule has 0 spiro atoms. The third kappa shape index (κ3) is 7.07. The van der Waals surface area contributed by atoms with Crippen LogP contribution in [0.3, 0.4) is 0 Å². The van der Waals surface area contributed by atoms with Gasteiger partial charge in [-0.2, -0.15) is 0 Å². The van der Waals surface area contributed by atoms with E-state index >= 15 is 0 Å². The van der Waals surface area contributed by atoms with E-state index in [4.69, 9.17) is 4.74 Å². The van der Waals surface area contributed by atoms with Gasteiger partial charge in [0.2, 0.25) is 0 Å². The van der Waals surface area contributed by atoms with E-state index in [9.17, 15) is 9.50 Å². The largest absolute Gasteiger partial charge is 0.505 e. The lowest BCUT2D eigenvalue weighted by Crippen LogP contribution is -2.38. The number of nitrogens with zero attached hydrogens (tertiary/aromatic N) is 1. The fraction of sp³-hybridized carbons (Fsp3) is 0.316. The molecule has 0 saturated heterocycles. The van der Waals surface area contributed by atoms with Crippen LogP contribution in [0.4, 0.5) is 4.39 Å². The number of rotatable bonds is 7. The zero-order chi connectivity index (χ0) is 18.1. The Kier molecular flexibility index (Phi) is 9.79. The summed E-state index contributed by atoms with van der Waals surface area (Å²) in [6.45, 7) is 3.77. The number of halogens is 2. The van der Waals surface area contributed by atoms with Crippen LogP contribution < -0.4 is 15.4 Å². The highest BCUT2D eigenvalue weighted by atomic mass is 127. The SMILES string of the molecule is CCNC(=NCc1ccc(O)c(F)c1)NCCc1ccc(OC)cc1.I. The minimum Gasteiger partial charge on any atom is -0.505 e. The minimum atomic E-state index is -0.634. The summed E-state index contributed by atoms with van der Waals surface area (Å²) in [5.74, 6) is 0.527. The van der Waals surface area contributed by atoms with E-state index in [1.54, 1.807) is 13.2 Å². The molecule has 2 rings (SSSR count). The summed E-state index contributed by atoms with van der Waals surface area (Å²) in [5.41, 5.74) is 1.90. The van der Waals surface area contributed by atoms with E-state index in [0.29, 0.717) is 18.1 Å². The number of methoxy groups -OCH3 is 1. The number of ether oxygens (including phenoxy) is 1. The highest BCUT2D eigenvalue weighted by Gasteiger charge is 2.02. The van der Waals surface area contributed by atoms with Gasteiger partial charge >= 0.3 is 0 Å². The van der Waals surface area contributed by atoms with E-state index in [0.717, 1.165) is 25.3 Å². The van der Waals surface area contributed by atoms with Crippen molar-refractivity contribution in [2.45, 2.75) is 19.9 Å². The maximum absolute atomic E-state index is 13.4. The Balaban J connectivity index is 0.00000338. The van der Waals surface area contributed by atoms with Gasteiger partial charge in [0.1, 0.15) is 5.75 Å². The Bertz CT molecular complexity index is 708. The molecule has 0 unspecified atom stereocenters. The van der Waals surface area contributed by atoms with E-state index in [2.05, 4.69) is 15.6 Å². The summed E-state index contributed by atoms with van der Waals surface area (Å²) in [6.07, 6.45) is 0.849. The highest BCUT2D eigenvalue weighted by Crippen LogP contribution is 2.16. The average Bonchev–Trinajstić information content (AvgIpc) is 2.63. The Morgan fingerprint density at radius 2 is 1.81 bits per heavy atom. The lowest BCUT2D eigenvalue weighted by atomic mass is 10.1. The molecule has 142 valence electrons. The zero-order valence-electron chi connectivity index (χ0n) is 15.0. The van der Waals surface area contributed by atoms with Gasteiger partial charge in [0.15, 0.2) is 17.5 Å². The lowest BCUT2D eigenvalue weighted by molar-refractivity contribution is 0.414. The molecule has 26 heavy (non-hydrogen) atoms. The molecule has 3 N–H and O–H groups in total. The fourth-order valence-electron chi connectivity index (χ4n) is 2.28. The summed E-state index contributed by atoms with van der Waals surface area (Å²) in [4.78, 5) is 4.44. The molecule has 0 atom stereocenters. The highest BCUT2D eigenvalue weighted by molar-refractivity contribution is 14.0. The molecule has 7 heteroatoms. The minimum absolute atomic E-state index is 0. The molecule has 2 aromatic carbocycles. The Labute approximate surface area is 170 Å². The van der Waals surface area contributed by atoms with Crippen LogP contribution in [0.25, 0.3) is 0 Å². The lowest BCUT2D eigenvalue weighted by Gasteiger charge is -2.11. The van der Waals surface area contributed by atoms with Crippen molar-refractivity contribution in [3.8, 4) is 11.5 Å². The molecular weight excluding hydrogens is 448 g/mol. The number of aromatic hydroxyl groups is 1. The first kappa shape index (κ1) is 22.0. The van der Waals surface area contributed by atoms with E-state index < -0.39 is 5.82 Å². The number of hydrogen-bond donors (Lipinski definition) is 3. The van der Waals surface area contributed by atoms with Gasteiger partial charge in [-0.05, 0) is 48.7 Å². The number of phenolic OH excluding ortho intramolecular Hbond substituents is 1. The van der Waals surface area contributed by atoms with Crippen molar-refractivity contribution in [3.63, 3.8) is 0 Å². The molecule has 5 nitrogen and oxygen atoms in total. The topological polar surface area (TPSA) is 65.9 Å². The molecule has 0 fully saturated rings. The molecule has 0 radical (unpaired) electrons. The number of guanidine groups is 1. The van der Waals surface area contributed by atoms with Crippen LogP contribution in [0.15, 0.2) is 47.5 Å². The summed E-state index contributed by atoms with van der Waals surface area (Å²) >= 11 is 0. The van der Waals surface area contributed by atoms with Crippen molar-refractivity contribution < 1.29 is 14.2 Å². The molecule has 0 aliphatic rings. The van der Waals surface area contributed by atoms with Gasteiger partial charge in [0.25, 0.3) is 0 Å². The molecule has 0 aliphatic heterocycles. The van der Waals surface area contributed by atoms with Crippen molar-refractivity contribution in [1.29, 1.82) is 0 Å². The van der Waals surface area contributed by atoms with Gasteiger partial charge in [0, 0.05) is 13.1 Å². The normalized spacial score (nSPS) is 10.8. The Hall–Kier alpha value is -2.03. The first-order valence-corrected chi connectivity index (χ1v) is 8.25. The molecule has 0 amide bonds. The van der Waals surface area contributed by atoms with Gasteiger partial charge in [-0.15, -0.1) is 24.0 Å². The third-order valence-corrected chi connectivity index (χ3v) is 3.64. The van der Waals surface area contributed by atoms with Gasteiger partial charge in [-0.1, -0.05) is 18.2 Å². The van der Waals surface area contributed by atoms with E-state index in [-0.39, 0.29) is 29.7 Å². The van der Waals surface area contributed by atoms with Crippen molar-refractivity contribution in [2.75, 3.05) is 20.2 Å². The van der Waals surface area contributed by atoms with Gasteiger partial charge in [-0.25, -0.2) is 9.38 Å². The second-order valence-corrected chi connectivity index (χ2v) is 5.51. The number of phenols is 1. The van der Waals surface area contributed by atoms with Gasteiger partial charge < -0.3 is 20.5 Å². The summed E-state index contributed by atoms with van der Waals surface area (Å²) in [5, 5.41) is 15.6. The van der Waals surface area contributed by atoms with E-state index in [1.165, 1.54) is 17.7 Å². The summed E-state index contributed by atoms with van der Waals surface area (Å²) in [6, 6.07) is 12.2. The standard InChI is InChI=1S/C19H24FN3O2.HI/c1-3-21-19(23-13-15-6-9-18(24)17(20)12-15)22-11-10-14-4-7-16(25-2)8-5-14;/h4-9,12,24H,3,10-11,13H2,1-2H3,(H2,21,22,23);1H. The van der Waals surface area contributed by atoms with Crippen LogP contribution in [0.5, 0.6) is 11.5 Å². The Morgan fingerprint density at radius 1 is 1.12 bits per heavy atom. The van der Waals surface area contributed by atoms with Crippen LogP contribution in [0, 0.1) is 5.82 Å². The van der Waals surface area contributed by atoms with Crippen LogP contribution >= 0.6 is 24.0 Å². The quantitative estimate of drug-likeness (QED) is 0.328. The summed E-state index contributed by atoms with van der Waals surface area (Å²) < 4.78 is 18.5.